The molecule has 2 rings (SSSR count). The second-order valence-corrected chi connectivity index (χ2v) is 5.66. The van der Waals surface area contributed by atoms with Crippen molar-refractivity contribution >= 4 is 11.4 Å². The molecular formula is C14H20N2O4. The van der Waals surface area contributed by atoms with Gasteiger partial charge in [-0.15, -0.1) is 0 Å². The maximum absolute atomic E-state index is 11.0. The summed E-state index contributed by atoms with van der Waals surface area (Å²) in [6.45, 7) is 6.79. The van der Waals surface area contributed by atoms with Crippen molar-refractivity contribution in [1.82, 2.24) is 0 Å². The molecule has 0 aliphatic heterocycles. The van der Waals surface area contributed by atoms with Crippen molar-refractivity contribution in [3.63, 3.8) is 0 Å². The molecule has 1 saturated carbocycles. The van der Waals surface area contributed by atoms with E-state index < -0.39 is 4.92 Å². The fraction of sp³-hybridized carbons (Fsp3) is 0.571. The van der Waals surface area contributed by atoms with Gasteiger partial charge < -0.3 is 15.2 Å². The number of nitro groups is 1. The van der Waals surface area contributed by atoms with Crippen molar-refractivity contribution in [3.8, 4) is 5.75 Å². The molecule has 6 nitrogen and oxygen atoms in total. The molecule has 2 atom stereocenters. The third kappa shape index (κ3) is 2.56. The lowest BCUT2D eigenvalue weighted by molar-refractivity contribution is -0.384. The molecule has 1 aromatic carbocycles. The van der Waals surface area contributed by atoms with Gasteiger partial charge in [0.15, 0.2) is 0 Å². The van der Waals surface area contributed by atoms with E-state index in [2.05, 4.69) is 19.2 Å². The van der Waals surface area contributed by atoms with E-state index in [4.69, 9.17) is 4.74 Å². The Morgan fingerprint density at radius 3 is 2.80 bits per heavy atom. The summed E-state index contributed by atoms with van der Waals surface area (Å²) in [5, 5.41) is 23.6. The number of nitro benzene ring substituents is 1. The average Bonchev–Trinajstić information content (AvgIpc) is 2.39. The fourth-order valence-corrected chi connectivity index (χ4v) is 2.60. The maximum Gasteiger partial charge on any atom is 0.296 e. The van der Waals surface area contributed by atoms with Crippen LogP contribution in [0, 0.1) is 15.5 Å². The Bertz CT molecular complexity index is 516. The minimum atomic E-state index is -0.492. The average molecular weight is 280 g/mol. The number of hydrogen-bond donors (Lipinski definition) is 2. The highest BCUT2D eigenvalue weighted by Gasteiger charge is 2.49. The summed E-state index contributed by atoms with van der Waals surface area (Å²) in [4.78, 5) is 10.5. The molecule has 0 bridgehead atoms. The minimum absolute atomic E-state index is 0.0816. The van der Waals surface area contributed by atoms with Gasteiger partial charge >= 0.3 is 0 Å². The maximum atomic E-state index is 11.0. The van der Waals surface area contributed by atoms with Gasteiger partial charge in [-0.2, -0.15) is 0 Å². The largest absolute Gasteiger partial charge is 0.508 e. The lowest BCUT2D eigenvalue weighted by atomic mass is 9.64. The van der Waals surface area contributed by atoms with E-state index in [0.29, 0.717) is 12.3 Å². The van der Waals surface area contributed by atoms with Gasteiger partial charge in [-0.1, -0.05) is 13.8 Å². The van der Waals surface area contributed by atoms with Crippen LogP contribution in [0.3, 0.4) is 0 Å². The lowest BCUT2D eigenvalue weighted by Crippen LogP contribution is -2.58. The van der Waals surface area contributed by atoms with Crippen LogP contribution in [-0.4, -0.2) is 28.8 Å². The minimum Gasteiger partial charge on any atom is -0.508 e. The molecule has 0 heterocycles. The molecule has 1 aliphatic carbocycles. The summed E-state index contributed by atoms with van der Waals surface area (Å²) in [6, 6.07) is 4.26. The SMILES string of the molecule is CCOC1CC(Nc2ccc(O)cc2[N+](=O)[O-])C1(C)C. The monoisotopic (exact) mass is 280 g/mol. The Kier molecular flexibility index (Phi) is 3.85. The molecule has 6 heteroatoms. The number of nitrogens with zero attached hydrogens (tertiary/aromatic N) is 1. The first-order valence-corrected chi connectivity index (χ1v) is 6.71. The fourth-order valence-electron chi connectivity index (χ4n) is 2.60. The van der Waals surface area contributed by atoms with Crippen molar-refractivity contribution in [2.45, 2.75) is 39.3 Å². The van der Waals surface area contributed by atoms with Gasteiger partial charge in [0.1, 0.15) is 11.4 Å². The summed E-state index contributed by atoms with van der Waals surface area (Å²) in [5.41, 5.74) is 0.239. The number of rotatable bonds is 5. The number of phenolic OH excluding ortho intramolecular Hbond substituents is 1. The van der Waals surface area contributed by atoms with Crippen molar-refractivity contribution < 1.29 is 14.8 Å². The molecule has 2 N–H and O–H groups in total. The topological polar surface area (TPSA) is 84.6 Å². The Morgan fingerprint density at radius 2 is 2.25 bits per heavy atom. The zero-order chi connectivity index (χ0) is 14.9. The summed E-state index contributed by atoms with van der Waals surface area (Å²) in [6.07, 6.45) is 0.986. The van der Waals surface area contributed by atoms with Crippen molar-refractivity contribution in [3.05, 3.63) is 28.3 Å². The molecule has 0 amide bonds. The number of hydrogen-bond acceptors (Lipinski definition) is 5. The van der Waals surface area contributed by atoms with E-state index in [1.807, 2.05) is 6.92 Å². The molecule has 20 heavy (non-hydrogen) atoms. The number of phenols is 1. The zero-order valence-electron chi connectivity index (χ0n) is 11.9. The Labute approximate surface area is 117 Å². The molecule has 0 spiro atoms. The highest BCUT2D eigenvalue weighted by atomic mass is 16.6. The van der Waals surface area contributed by atoms with Crippen molar-refractivity contribution in [2.75, 3.05) is 11.9 Å². The predicted octanol–water partition coefficient (Wildman–Crippen LogP) is 2.92. The second-order valence-electron chi connectivity index (χ2n) is 5.66. The molecule has 0 aromatic heterocycles. The number of ether oxygens (including phenoxy) is 1. The molecule has 2 unspecified atom stereocenters. The van der Waals surface area contributed by atoms with E-state index in [-0.39, 0.29) is 29.0 Å². The highest BCUT2D eigenvalue weighted by molar-refractivity contribution is 5.64. The Morgan fingerprint density at radius 1 is 1.55 bits per heavy atom. The van der Waals surface area contributed by atoms with Crippen LogP contribution < -0.4 is 5.32 Å². The van der Waals surface area contributed by atoms with Crippen LogP contribution in [0.4, 0.5) is 11.4 Å². The smallest absolute Gasteiger partial charge is 0.296 e. The van der Waals surface area contributed by atoms with Gasteiger partial charge in [-0.25, -0.2) is 0 Å². The summed E-state index contributed by atoms with van der Waals surface area (Å²) in [5.74, 6) is -0.109. The van der Waals surface area contributed by atoms with Crippen molar-refractivity contribution in [2.24, 2.45) is 5.41 Å². The summed E-state index contributed by atoms with van der Waals surface area (Å²) in [7, 11) is 0. The molecule has 1 fully saturated rings. The van der Waals surface area contributed by atoms with Crippen LogP contribution in [0.25, 0.3) is 0 Å². The van der Waals surface area contributed by atoms with Gasteiger partial charge in [0.25, 0.3) is 5.69 Å². The third-order valence-corrected chi connectivity index (χ3v) is 4.05. The molecule has 110 valence electrons. The first-order valence-electron chi connectivity index (χ1n) is 6.71. The van der Waals surface area contributed by atoms with Crippen LogP contribution >= 0.6 is 0 Å². The van der Waals surface area contributed by atoms with E-state index in [1.54, 1.807) is 0 Å². The first kappa shape index (κ1) is 14.6. The van der Waals surface area contributed by atoms with Gasteiger partial charge in [0.05, 0.1) is 17.1 Å². The standard InChI is InChI=1S/C14H20N2O4/c1-4-20-13-8-12(14(13,2)3)15-10-6-5-9(17)7-11(10)16(18)19/h5-7,12-13,15,17H,4,8H2,1-3H3. The molecule has 0 saturated heterocycles. The first-order chi connectivity index (χ1) is 9.36. The number of benzene rings is 1. The van der Waals surface area contributed by atoms with Crippen LogP contribution in [0.1, 0.15) is 27.2 Å². The van der Waals surface area contributed by atoms with E-state index in [9.17, 15) is 15.2 Å². The van der Waals surface area contributed by atoms with Crippen molar-refractivity contribution in [1.29, 1.82) is 0 Å². The molecular weight excluding hydrogens is 260 g/mol. The Balaban J connectivity index is 2.14. The number of aromatic hydroxyl groups is 1. The van der Waals surface area contributed by atoms with E-state index in [0.717, 1.165) is 12.5 Å². The van der Waals surface area contributed by atoms with Gasteiger partial charge in [0, 0.05) is 18.1 Å². The van der Waals surface area contributed by atoms with Crippen LogP contribution in [0.5, 0.6) is 5.75 Å². The number of nitrogens with one attached hydrogen (secondary N) is 1. The van der Waals surface area contributed by atoms with Gasteiger partial charge in [0.2, 0.25) is 0 Å². The third-order valence-electron chi connectivity index (χ3n) is 4.05. The van der Waals surface area contributed by atoms with Crippen LogP contribution in [-0.2, 0) is 4.74 Å². The quantitative estimate of drug-likeness (QED) is 0.492. The molecule has 1 aliphatic rings. The lowest BCUT2D eigenvalue weighted by Gasteiger charge is -2.51. The molecule has 1 aromatic rings. The van der Waals surface area contributed by atoms with E-state index in [1.165, 1.54) is 12.1 Å². The summed E-state index contributed by atoms with van der Waals surface area (Å²) < 4.78 is 5.64. The normalized spacial score (nSPS) is 23.9. The van der Waals surface area contributed by atoms with Crippen LogP contribution in [0.2, 0.25) is 0 Å². The molecule has 0 radical (unpaired) electrons. The zero-order valence-corrected chi connectivity index (χ0v) is 11.9. The van der Waals surface area contributed by atoms with Crippen LogP contribution in [0.15, 0.2) is 18.2 Å². The van der Waals surface area contributed by atoms with Gasteiger partial charge in [-0.05, 0) is 25.5 Å². The van der Waals surface area contributed by atoms with E-state index >= 15 is 0 Å². The second kappa shape index (κ2) is 5.28. The van der Waals surface area contributed by atoms with Gasteiger partial charge in [-0.3, -0.25) is 10.1 Å². The highest BCUT2D eigenvalue weighted by Crippen LogP contribution is 2.45. The predicted molar refractivity (Wildman–Crippen MR) is 76.0 cm³/mol. The summed E-state index contributed by atoms with van der Waals surface area (Å²) >= 11 is 0. The number of anilines is 1. The Hall–Kier alpha value is -1.82.